The second-order valence-electron chi connectivity index (χ2n) is 3.68. The number of nitro groups is 1. The molecule has 0 aliphatic carbocycles. The van der Waals surface area contributed by atoms with E-state index >= 15 is 0 Å². The molecule has 2 aromatic heterocycles. The average molecular weight is 249 g/mol. The molecule has 0 bridgehead atoms. The highest BCUT2D eigenvalue weighted by Crippen LogP contribution is 2.14. The molecule has 0 atom stereocenters. The van der Waals surface area contributed by atoms with Crippen molar-refractivity contribution in [1.82, 2.24) is 15.1 Å². The molecule has 0 amide bonds. The lowest BCUT2D eigenvalue weighted by molar-refractivity contribution is -0.385. The van der Waals surface area contributed by atoms with E-state index in [1.54, 1.807) is 0 Å². The predicted octanol–water partition coefficient (Wildman–Crippen LogP) is 1.60. The number of nitrogens with one attached hydrogen (secondary N) is 1. The van der Waals surface area contributed by atoms with Crippen molar-refractivity contribution in [1.29, 1.82) is 0 Å². The summed E-state index contributed by atoms with van der Waals surface area (Å²) in [4.78, 5) is 17.6. The van der Waals surface area contributed by atoms with Gasteiger partial charge in [0.25, 0.3) is 0 Å². The van der Waals surface area contributed by atoms with Gasteiger partial charge in [-0.2, -0.15) is 0 Å². The molecule has 18 heavy (non-hydrogen) atoms. The van der Waals surface area contributed by atoms with Crippen LogP contribution in [0.2, 0.25) is 0 Å². The van der Waals surface area contributed by atoms with Crippen molar-refractivity contribution in [3.8, 4) is 0 Å². The molecule has 2 rings (SSSR count). The number of rotatable bonds is 4. The molecule has 8 nitrogen and oxygen atoms in total. The Morgan fingerprint density at radius 3 is 2.56 bits per heavy atom. The van der Waals surface area contributed by atoms with E-state index in [0.29, 0.717) is 12.5 Å². The first-order valence-electron chi connectivity index (χ1n) is 5.20. The summed E-state index contributed by atoms with van der Waals surface area (Å²) >= 11 is 0. The third-order valence-corrected chi connectivity index (χ3v) is 2.45. The quantitative estimate of drug-likeness (QED) is 0.647. The van der Waals surface area contributed by atoms with Crippen LogP contribution in [0.25, 0.3) is 0 Å². The number of aryl methyl sites for hydroxylation is 2. The lowest BCUT2D eigenvalue weighted by Crippen LogP contribution is -2.05. The molecule has 0 unspecified atom stereocenters. The Hall–Kier alpha value is -2.51. The summed E-state index contributed by atoms with van der Waals surface area (Å²) in [6, 6.07) is 0. The molecule has 0 fully saturated rings. The van der Waals surface area contributed by atoms with Crippen molar-refractivity contribution >= 4 is 11.6 Å². The molecule has 0 aromatic carbocycles. The first-order chi connectivity index (χ1) is 8.58. The van der Waals surface area contributed by atoms with Crippen LogP contribution in [0.5, 0.6) is 0 Å². The maximum absolute atomic E-state index is 10.4. The summed E-state index contributed by atoms with van der Waals surface area (Å²) < 4.78 is 5.01. The highest BCUT2D eigenvalue weighted by molar-refractivity contribution is 5.33. The highest BCUT2D eigenvalue weighted by Gasteiger charge is 2.10. The minimum atomic E-state index is -0.544. The van der Waals surface area contributed by atoms with Gasteiger partial charge in [-0.1, -0.05) is 5.16 Å². The molecule has 0 spiro atoms. The largest absolute Gasteiger partial charge is 0.361 e. The van der Waals surface area contributed by atoms with Crippen molar-refractivity contribution in [3.63, 3.8) is 0 Å². The molecule has 0 aliphatic rings. The Kier molecular flexibility index (Phi) is 3.18. The van der Waals surface area contributed by atoms with Crippen LogP contribution in [-0.4, -0.2) is 20.0 Å². The molecule has 0 saturated carbocycles. The van der Waals surface area contributed by atoms with Gasteiger partial charge >= 0.3 is 5.69 Å². The van der Waals surface area contributed by atoms with E-state index in [4.69, 9.17) is 4.52 Å². The number of aromatic nitrogens is 3. The fourth-order valence-electron chi connectivity index (χ4n) is 1.43. The summed E-state index contributed by atoms with van der Waals surface area (Å²) in [7, 11) is 0. The Morgan fingerprint density at radius 2 is 2.06 bits per heavy atom. The van der Waals surface area contributed by atoms with Gasteiger partial charge in [0.2, 0.25) is 5.95 Å². The van der Waals surface area contributed by atoms with Gasteiger partial charge in [0, 0.05) is 12.1 Å². The Morgan fingerprint density at radius 1 is 1.39 bits per heavy atom. The molecular weight excluding hydrogens is 238 g/mol. The number of hydrogen-bond acceptors (Lipinski definition) is 7. The molecule has 0 saturated heterocycles. The third-order valence-electron chi connectivity index (χ3n) is 2.45. The van der Waals surface area contributed by atoms with Crippen LogP contribution in [-0.2, 0) is 6.54 Å². The molecule has 94 valence electrons. The second-order valence-corrected chi connectivity index (χ2v) is 3.68. The summed E-state index contributed by atoms with van der Waals surface area (Å²) in [6.07, 6.45) is 2.31. The summed E-state index contributed by atoms with van der Waals surface area (Å²) in [5.74, 6) is 1.04. The van der Waals surface area contributed by atoms with Gasteiger partial charge in [-0.25, -0.2) is 9.97 Å². The summed E-state index contributed by atoms with van der Waals surface area (Å²) in [6.45, 7) is 4.11. The van der Waals surface area contributed by atoms with Crippen molar-refractivity contribution in [2.75, 3.05) is 5.32 Å². The van der Waals surface area contributed by atoms with Gasteiger partial charge in [0.1, 0.15) is 18.2 Å². The van der Waals surface area contributed by atoms with Gasteiger partial charge in [-0.05, 0) is 13.8 Å². The standard InChI is InChI=1S/C10H11N5O3/c1-6-9(7(2)18-14-6)5-13-10-11-3-8(4-12-10)15(16)17/h3-4H,5H2,1-2H3,(H,11,12,13). The Balaban J connectivity index is 2.04. The molecule has 0 aliphatic heterocycles. The van der Waals surface area contributed by atoms with E-state index in [1.165, 1.54) is 0 Å². The zero-order valence-corrected chi connectivity index (χ0v) is 9.88. The smallest absolute Gasteiger partial charge is 0.305 e. The topological polar surface area (TPSA) is 107 Å². The van der Waals surface area contributed by atoms with Crippen LogP contribution in [0.1, 0.15) is 17.0 Å². The number of hydrogen-bond donors (Lipinski definition) is 1. The highest BCUT2D eigenvalue weighted by atomic mass is 16.6. The van der Waals surface area contributed by atoms with Crippen LogP contribution >= 0.6 is 0 Å². The Labute approximate surface area is 102 Å². The second kappa shape index (κ2) is 4.78. The van der Waals surface area contributed by atoms with Crippen molar-refractivity contribution in [3.05, 3.63) is 39.5 Å². The zero-order valence-electron chi connectivity index (χ0n) is 9.88. The molecule has 8 heteroatoms. The minimum Gasteiger partial charge on any atom is -0.361 e. The Bertz CT molecular complexity index is 544. The van der Waals surface area contributed by atoms with Gasteiger partial charge < -0.3 is 9.84 Å². The first-order valence-corrected chi connectivity index (χ1v) is 5.20. The molecule has 2 heterocycles. The summed E-state index contributed by atoms with van der Waals surface area (Å²) in [5.41, 5.74) is 1.58. The molecule has 0 radical (unpaired) electrons. The molecule has 2 aromatic rings. The van der Waals surface area contributed by atoms with Gasteiger partial charge in [-0.15, -0.1) is 0 Å². The van der Waals surface area contributed by atoms with E-state index in [1.807, 2.05) is 13.8 Å². The van der Waals surface area contributed by atoms with Gasteiger partial charge in [0.05, 0.1) is 10.6 Å². The normalized spacial score (nSPS) is 10.3. The van der Waals surface area contributed by atoms with Crippen LogP contribution in [0.3, 0.4) is 0 Å². The molecular formula is C10H11N5O3. The van der Waals surface area contributed by atoms with E-state index in [2.05, 4.69) is 20.4 Å². The van der Waals surface area contributed by atoms with E-state index < -0.39 is 4.92 Å². The lowest BCUT2D eigenvalue weighted by atomic mass is 10.2. The van der Waals surface area contributed by atoms with Gasteiger partial charge in [-0.3, -0.25) is 10.1 Å². The monoisotopic (exact) mass is 249 g/mol. The first kappa shape index (κ1) is 12.0. The zero-order chi connectivity index (χ0) is 13.1. The fourth-order valence-corrected chi connectivity index (χ4v) is 1.43. The van der Waals surface area contributed by atoms with Crippen LogP contribution < -0.4 is 5.32 Å². The van der Waals surface area contributed by atoms with E-state index in [-0.39, 0.29) is 5.69 Å². The van der Waals surface area contributed by atoms with E-state index in [9.17, 15) is 10.1 Å². The third kappa shape index (κ3) is 2.42. The van der Waals surface area contributed by atoms with Crippen LogP contribution in [0, 0.1) is 24.0 Å². The minimum absolute atomic E-state index is 0.141. The predicted molar refractivity (Wildman–Crippen MR) is 62.0 cm³/mol. The van der Waals surface area contributed by atoms with E-state index in [0.717, 1.165) is 29.4 Å². The SMILES string of the molecule is Cc1noc(C)c1CNc1ncc([N+](=O)[O-])cn1. The number of anilines is 1. The maximum Gasteiger partial charge on any atom is 0.305 e. The lowest BCUT2D eigenvalue weighted by Gasteiger charge is -2.03. The van der Waals surface area contributed by atoms with Crippen molar-refractivity contribution < 1.29 is 9.45 Å². The average Bonchev–Trinajstić information content (AvgIpc) is 2.67. The van der Waals surface area contributed by atoms with Crippen molar-refractivity contribution in [2.45, 2.75) is 20.4 Å². The molecule has 1 N–H and O–H groups in total. The van der Waals surface area contributed by atoms with Gasteiger partial charge in [0.15, 0.2) is 0 Å². The van der Waals surface area contributed by atoms with Crippen molar-refractivity contribution in [2.24, 2.45) is 0 Å². The van der Waals surface area contributed by atoms with Crippen LogP contribution in [0.4, 0.5) is 11.6 Å². The maximum atomic E-state index is 10.4. The summed E-state index contributed by atoms with van der Waals surface area (Å²) in [5, 5.41) is 17.2. The number of nitrogens with zero attached hydrogens (tertiary/aromatic N) is 4. The van der Waals surface area contributed by atoms with Crippen LogP contribution in [0.15, 0.2) is 16.9 Å². The fraction of sp³-hybridized carbons (Fsp3) is 0.300.